The Labute approximate surface area is 109 Å². The third kappa shape index (κ3) is 2.62. The molecule has 5 nitrogen and oxygen atoms in total. The minimum atomic E-state index is -0.502. The summed E-state index contributed by atoms with van der Waals surface area (Å²) in [6.07, 6.45) is 0. The van der Waals surface area contributed by atoms with Crippen molar-refractivity contribution in [3.63, 3.8) is 0 Å². The number of rotatable bonds is 4. The van der Waals surface area contributed by atoms with Gasteiger partial charge in [-0.1, -0.05) is 17.7 Å². The normalized spacial score (nSPS) is 10.3. The molecular formula is C12H11ClN2O3. The van der Waals surface area contributed by atoms with Crippen LogP contribution < -0.4 is 5.32 Å². The number of nitro benzene ring substituents is 1. The second kappa shape index (κ2) is 5.10. The van der Waals surface area contributed by atoms with E-state index in [1.54, 1.807) is 12.1 Å². The predicted octanol–water partition coefficient (Wildman–Crippen LogP) is 3.76. The number of hydrogen-bond acceptors (Lipinski definition) is 4. The van der Waals surface area contributed by atoms with Crippen LogP contribution in [-0.4, -0.2) is 4.92 Å². The Morgan fingerprint density at radius 2 is 2.17 bits per heavy atom. The van der Waals surface area contributed by atoms with E-state index in [9.17, 15) is 10.1 Å². The second-order valence-corrected chi connectivity index (χ2v) is 4.17. The number of aryl methyl sites for hydroxylation is 1. The van der Waals surface area contributed by atoms with Gasteiger partial charge in [-0.3, -0.25) is 10.1 Å². The van der Waals surface area contributed by atoms with Gasteiger partial charge in [0.05, 0.1) is 11.5 Å². The highest BCUT2D eigenvalue weighted by atomic mass is 35.5. The molecule has 0 aliphatic heterocycles. The maximum Gasteiger partial charge on any atom is 0.310 e. The van der Waals surface area contributed by atoms with E-state index < -0.39 is 4.92 Å². The third-order valence-electron chi connectivity index (χ3n) is 2.42. The molecule has 6 heteroatoms. The summed E-state index contributed by atoms with van der Waals surface area (Å²) in [6, 6.07) is 8.41. The smallest absolute Gasteiger partial charge is 0.310 e. The van der Waals surface area contributed by atoms with E-state index in [0.29, 0.717) is 18.0 Å². The highest BCUT2D eigenvalue weighted by Gasteiger charge is 2.18. The Kier molecular flexibility index (Phi) is 3.53. The maximum atomic E-state index is 10.9. The zero-order valence-electron chi connectivity index (χ0n) is 9.64. The minimum Gasteiger partial charge on any atom is -0.465 e. The SMILES string of the molecule is Cc1ccc(CNc2cccc(Cl)c2[N+](=O)[O-])o1. The van der Waals surface area contributed by atoms with Gasteiger partial charge in [-0.15, -0.1) is 0 Å². The zero-order chi connectivity index (χ0) is 13.1. The molecule has 0 unspecified atom stereocenters. The molecular weight excluding hydrogens is 256 g/mol. The molecule has 0 atom stereocenters. The van der Waals surface area contributed by atoms with Crippen molar-refractivity contribution in [3.05, 3.63) is 57.0 Å². The summed E-state index contributed by atoms with van der Waals surface area (Å²) in [6.45, 7) is 2.21. The van der Waals surface area contributed by atoms with E-state index >= 15 is 0 Å². The molecule has 18 heavy (non-hydrogen) atoms. The molecule has 1 heterocycles. The number of para-hydroxylation sites is 1. The van der Waals surface area contributed by atoms with Crippen LogP contribution >= 0.6 is 11.6 Å². The first-order valence-corrected chi connectivity index (χ1v) is 5.68. The van der Waals surface area contributed by atoms with Gasteiger partial charge in [-0.2, -0.15) is 0 Å². The number of nitrogens with zero attached hydrogens (tertiary/aromatic N) is 1. The average Bonchev–Trinajstić information content (AvgIpc) is 2.72. The number of benzene rings is 1. The lowest BCUT2D eigenvalue weighted by Crippen LogP contribution is -2.02. The van der Waals surface area contributed by atoms with Gasteiger partial charge in [0.2, 0.25) is 0 Å². The van der Waals surface area contributed by atoms with Crippen LogP contribution in [0.3, 0.4) is 0 Å². The van der Waals surface area contributed by atoms with Gasteiger partial charge in [-0.05, 0) is 31.2 Å². The van der Waals surface area contributed by atoms with Crippen LogP contribution in [0.25, 0.3) is 0 Å². The van der Waals surface area contributed by atoms with E-state index in [1.807, 2.05) is 19.1 Å². The highest BCUT2D eigenvalue weighted by Crippen LogP contribution is 2.32. The predicted molar refractivity (Wildman–Crippen MR) is 68.9 cm³/mol. The van der Waals surface area contributed by atoms with E-state index in [2.05, 4.69) is 5.32 Å². The molecule has 1 aromatic heterocycles. The van der Waals surface area contributed by atoms with Gasteiger partial charge in [0.1, 0.15) is 22.2 Å². The Hall–Kier alpha value is -2.01. The number of nitro groups is 1. The molecule has 1 aromatic carbocycles. The Balaban J connectivity index is 2.19. The summed E-state index contributed by atoms with van der Waals surface area (Å²) in [7, 11) is 0. The van der Waals surface area contributed by atoms with Crippen molar-refractivity contribution >= 4 is 23.0 Å². The molecule has 94 valence electrons. The highest BCUT2D eigenvalue weighted by molar-refractivity contribution is 6.33. The molecule has 0 bridgehead atoms. The number of halogens is 1. The van der Waals surface area contributed by atoms with E-state index in [0.717, 1.165) is 5.76 Å². The third-order valence-corrected chi connectivity index (χ3v) is 2.72. The van der Waals surface area contributed by atoms with Crippen molar-refractivity contribution in [2.24, 2.45) is 0 Å². The van der Waals surface area contributed by atoms with Gasteiger partial charge in [0.25, 0.3) is 0 Å². The molecule has 0 aliphatic rings. The maximum absolute atomic E-state index is 10.9. The second-order valence-electron chi connectivity index (χ2n) is 3.76. The van der Waals surface area contributed by atoms with Crippen LogP contribution in [0.4, 0.5) is 11.4 Å². The fraction of sp³-hybridized carbons (Fsp3) is 0.167. The zero-order valence-corrected chi connectivity index (χ0v) is 10.4. The van der Waals surface area contributed by atoms with Crippen molar-refractivity contribution in [3.8, 4) is 0 Å². The monoisotopic (exact) mass is 266 g/mol. The molecule has 0 amide bonds. The summed E-state index contributed by atoms with van der Waals surface area (Å²) in [5, 5.41) is 14.0. The summed E-state index contributed by atoms with van der Waals surface area (Å²) >= 11 is 5.81. The summed E-state index contributed by atoms with van der Waals surface area (Å²) in [5.74, 6) is 1.51. The lowest BCUT2D eigenvalue weighted by molar-refractivity contribution is -0.383. The number of anilines is 1. The quantitative estimate of drug-likeness (QED) is 0.676. The molecule has 0 fully saturated rings. The Morgan fingerprint density at radius 3 is 2.78 bits per heavy atom. The van der Waals surface area contributed by atoms with Crippen molar-refractivity contribution in [2.45, 2.75) is 13.5 Å². The van der Waals surface area contributed by atoms with Crippen molar-refractivity contribution in [1.82, 2.24) is 0 Å². The molecule has 0 spiro atoms. The van der Waals surface area contributed by atoms with Gasteiger partial charge in [0.15, 0.2) is 0 Å². The van der Waals surface area contributed by atoms with Crippen LogP contribution in [0.5, 0.6) is 0 Å². The van der Waals surface area contributed by atoms with Crippen molar-refractivity contribution in [2.75, 3.05) is 5.32 Å². The first kappa shape index (κ1) is 12.4. The van der Waals surface area contributed by atoms with Crippen LogP contribution in [0.15, 0.2) is 34.7 Å². The molecule has 1 N–H and O–H groups in total. The van der Waals surface area contributed by atoms with Gasteiger partial charge < -0.3 is 9.73 Å². The number of nitrogens with one attached hydrogen (secondary N) is 1. The fourth-order valence-corrected chi connectivity index (χ4v) is 1.85. The van der Waals surface area contributed by atoms with Gasteiger partial charge >= 0.3 is 5.69 Å². The lowest BCUT2D eigenvalue weighted by atomic mass is 10.2. The molecule has 0 aliphatic carbocycles. The summed E-state index contributed by atoms with van der Waals surface area (Å²) in [4.78, 5) is 10.4. The lowest BCUT2D eigenvalue weighted by Gasteiger charge is -2.06. The first-order valence-electron chi connectivity index (χ1n) is 5.30. The Morgan fingerprint density at radius 1 is 1.39 bits per heavy atom. The molecule has 0 radical (unpaired) electrons. The summed E-state index contributed by atoms with van der Waals surface area (Å²) < 4.78 is 5.37. The van der Waals surface area contributed by atoms with E-state index in [1.165, 1.54) is 6.07 Å². The minimum absolute atomic E-state index is 0.112. The van der Waals surface area contributed by atoms with Gasteiger partial charge in [0, 0.05) is 0 Å². The average molecular weight is 267 g/mol. The molecule has 0 saturated carbocycles. The largest absolute Gasteiger partial charge is 0.465 e. The van der Waals surface area contributed by atoms with E-state index in [4.69, 9.17) is 16.0 Å². The number of hydrogen-bond donors (Lipinski definition) is 1. The topological polar surface area (TPSA) is 68.3 Å². The molecule has 2 rings (SSSR count). The van der Waals surface area contributed by atoms with Crippen LogP contribution in [0, 0.1) is 17.0 Å². The fourth-order valence-electron chi connectivity index (χ4n) is 1.61. The molecule has 0 saturated heterocycles. The standard InChI is InChI=1S/C12H11ClN2O3/c1-8-5-6-9(18-8)7-14-11-4-2-3-10(13)12(11)15(16)17/h2-6,14H,7H2,1H3. The van der Waals surface area contributed by atoms with E-state index in [-0.39, 0.29) is 10.7 Å². The van der Waals surface area contributed by atoms with Crippen molar-refractivity contribution in [1.29, 1.82) is 0 Å². The van der Waals surface area contributed by atoms with Crippen LogP contribution in [0.2, 0.25) is 5.02 Å². The first-order chi connectivity index (χ1) is 8.58. The molecule has 2 aromatic rings. The van der Waals surface area contributed by atoms with Crippen LogP contribution in [0.1, 0.15) is 11.5 Å². The summed E-state index contributed by atoms with van der Waals surface area (Å²) in [5.41, 5.74) is 0.254. The van der Waals surface area contributed by atoms with Gasteiger partial charge in [-0.25, -0.2) is 0 Å². The number of furan rings is 1. The van der Waals surface area contributed by atoms with Crippen LogP contribution in [-0.2, 0) is 6.54 Å². The van der Waals surface area contributed by atoms with Crippen molar-refractivity contribution < 1.29 is 9.34 Å². The Bertz CT molecular complexity index is 580.